The van der Waals surface area contributed by atoms with Gasteiger partial charge in [-0.25, -0.2) is 9.97 Å². The summed E-state index contributed by atoms with van der Waals surface area (Å²) in [5.41, 5.74) is 7.25. The topological polar surface area (TPSA) is 94.2 Å². The van der Waals surface area contributed by atoms with Gasteiger partial charge in [0.2, 0.25) is 11.9 Å². The summed E-state index contributed by atoms with van der Waals surface area (Å²) >= 11 is 6.30. The van der Waals surface area contributed by atoms with Crippen molar-refractivity contribution in [2.75, 3.05) is 25.5 Å². The van der Waals surface area contributed by atoms with Crippen molar-refractivity contribution in [3.8, 4) is 11.4 Å². The van der Waals surface area contributed by atoms with Crippen molar-refractivity contribution in [2.24, 2.45) is 0 Å². The lowest BCUT2D eigenvalue weighted by molar-refractivity contribution is -0.128. The van der Waals surface area contributed by atoms with E-state index in [1.165, 1.54) is 12.4 Å². The second-order valence-corrected chi connectivity index (χ2v) is 6.03. The molecule has 3 rings (SSSR count). The van der Waals surface area contributed by atoms with Crippen LogP contribution in [0.15, 0.2) is 37.2 Å². The zero-order valence-corrected chi connectivity index (χ0v) is 14.3. The summed E-state index contributed by atoms with van der Waals surface area (Å²) in [5, 5.41) is 0.530. The lowest BCUT2D eigenvalue weighted by Crippen LogP contribution is -2.34. The lowest BCUT2D eigenvalue weighted by Gasteiger charge is -2.29. The molecule has 0 bridgehead atoms. The van der Waals surface area contributed by atoms with Crippen molar-refractivity contribution in [2.45, 2.75) is 12.5 Å². The molecule has 7 nitrogen and oxygen atoms in total. The van der Waals surface area contributed by atoms with Gasteiger partial charge in [0, 0.05) is 23.7 Å². The smallest absolute Gasteiger partial charge is 0.246 e. The van der Waals surface area contributed by atoms with Gasteiger partial charge >= 0.3 is 0 Å². The summed E-state index contributed by atoms with van der Waals surface area (Å²) in [6, 6.07) is 5.35. The van der Waals surface area contributed by atoms with Crippen molar-refractivity contribution in [1.82, 2.24) is 19.9 Å². The fourth-order valence-electron chi connectivity index (χ4n) is 2.88. The van der Waals surface area contributed by atoms with E-state index in [2.05, 4.69) is 21.5 Å². The van der Waals surface area contributed by atoms with Gasteiger partial charge in [0.05, 0.1) is 12.6 Å². The van der Waals surface area contributed by atoms with Crippen LogP contribution in [0.25, 0.3) is 11.4 Å². The summed E-state index contributed by atoms with van der Waals surface area (Å²) in [7, 11) is 0. The van der Waals surface area contributed by atoms with Gasteiger partial charge in [0.1, 0.15) is 6.33 Å². The third-order valence-corrected chi connectivity index (χ3v) is 4.22. The number of nitrogens with zero attached hydrogens (tertiary/aromatic N) is 4. The zero-order valence-electron chi connectivity index (χ0n) is 13.6. The SMILES string of the molecule is C=CC(=O)N1CCOCCC1c1cc(Cl)cc(-c2ncnc(N)n2)c1. The molecule has 25 heavy (non-hydrogen) atoms. The van der Waals surface area contributed by atoms with E-state index in [-0.39, 0.29) is 17.9 Å². The molecular formula is C17H18ClN5O2. The Balaban J connectivity index is 2.03. The van der Waals surface area contributed by atoms with Gasteiger partial charge in [0.15, 0.2) is 5.82 Å². The van der Waals surface area contributed by atoms with E-state index in [0.717, 1.165) is 5.56 Å². The maximum absolute atomic E-state index is 12.3. The molecule has 1 saturated heterocycles. The first-order valence-electron chi connectivity index (χ1n) is 7.84. The van der Waals surface area contributed by atoms with Crippen LogP contribution in [0, 0.1) is 0 Å². The van der Waals surface area contributed by atoms with Crippen LogP contribution in [0.5, 0.6) is 0 Å². The fraction of sp³-hybridized carbons (Fsp3) is 0.294. The van der Waals surface area contributed by atoms with E-state index in [9.17, 15) is 4.79 Å². The van der Waals surface area contributed by atoms with Crippen LogP contribution in [0.3, 0.4) is 0 Å². The van der Waals surface area contributed by atoms with Crippen molar-refractivity contribution < 1.29 is 9.53 Å². The molecule has 1 amide bonds. The highest BCUT2D eigenvalue weighted by Gasteiger charge is 2.26. The molecule has 130 valence electrons. The Morgan fingerprint density at radius 3 is 2.96 bits per heavy atom. The van der Waals surface area contributed by atoms with Gasteiger partial charge in [-0.3, -0.25) is 4.79 Å². The van der Waals surface area contributed by atoms with E-state index in [1.54, 1.807) is 11.0 Å². The second-order valence-electron chi connectivity index (χ2n) is 5.59. The summed E-state index contributed by atoms with van der Waals surface area (Å²) in [5.74, 6) is 0.432. The molecule has 1 atom stereocenters. The molecule has 1 aliphatic rings. The van der Waals surface area contributed by atoms with Crippen LogP contribution in [-0.4, -0.2) is 45.5 Å². The maximum Gasteiger partial charge on any atom is 0.246 e. The molecule has 1 aliphatic heterocycles. The molecule has 0 spiro atoms. The molecule has 1 aromatic carbocycles. The number of aromatic nitrogens is 3. The molecule has 1 aromatic heterocycles. The number of carbonyl (C=O) groups excluding carboxylic acids is 1. The number of hydrogen-bond acceptors (Lipinski definition) is 6. The summed E-state index contributed by atoms with van der Waals surface area (Å²) in [6.07, 6.45) is 3.33. The highest BCUT2D eigenvalue weighted by molar-refractivity contribution is 6.31. The van der Waals surface area contributed by atoms with Crippen LogP contribution in [0.2, 0.25) is 5.02 Å². The minimum absolute atomic E-state index is 0.137. The third kappa shape index (κ3) is 3.94. The number of carbonyl (C=O) groups is 1. The number of rotatable bonds is 3. The normalized spacial score (nSPS) is 17.8. The minimum atomic E-state index is -0.162. The number of hydrogen-bond donors (Lipinski definition) is 1. The first kappa shape index (κ1) is 17.3. The molecule has 0 aliphatic carbocycles. The predicted octanol–water partition coefficient (Wildman–Crippen LogP) is 2.25. The molecule has 2 N–H and O–H groups in total. The van der Waals surface area contributed by atoms with Crippen LogP contribution < -0.4 is 5.73 Å². The number of benzene rings is 1. The van der Waals surface area contributed by atoms with Gasteiger partial charge in [0.25, 0.3) is 0 Å². The molecule has 8 heteroatoms. The fourth-order valence-corrected chi connectivity index (χ4v) is 3.12. The first-order chi connectivity index (χ1) is 12.1. The van der Waals surface area contributed by atoms with E-state index < -0.39 is 0 Å². The molecule has 1 unspecified atom stereocenters. The largest absolute Gasteiger partial charge is 0.380 e. The summed E-state index contributed by atoms with van der Waals surface area (Å²) < 4.78 is 5.52. The van der Waals surface area contributed by atoms with Gasteiger partial charge in [-0.1, -0.05) is 18.2 Å². The van der Waals surface area contributed by atoms with E-state index >= 15 is 0 Å². The van der Waals surface area contributed by atoms with E-state index in [1.807, 2.05) is 12.1 Å². The molecule has 2 heterocycles. The Labute approximate surface area is 150 Å². The van der Waals surface area contributed by atoms with Gasteiger partial charge < -0.3 is 15.4 Å². The van der Waals surface area contributed by atoms with Gasteiger partial charge in [-0.05, 0) is 36.3 Å². The number of anilines is 1. The number of halogens is 1. The maximum atomic E-state index is 12.3. The number of nitrogens with two attached hydrogens (primary N) is 1. The number of ether oxygens (including phenoxy) is 1. The first-order valence-corrected chi connectivity index (χ1v) is 8.22. The molecule has 0 radical (unpaired) electrons. The quantitative estimate of drug-likeness (QED) is 0.845. The van der Waals surface area contributed by atoms with Crippen LogP contribution in [0.4, 0.5) is 5.95 Å². The average Bonchev–Trinajstić information content (AvgIpc) is 2.86. The summed E-state index contributed by atoms with van der Waals surface area (Å²) in [4.78, 5) is 26.1. The van der Waals surface area contributed by atoms with E-state index in [0.29, 0.717) is 42.6 Å². The average molecular weight is 360 g/mol. The Bertz CT molecular complexity index is 798. The molecular weight excluding hydrogens is 342 g/mol. The van der Waals surface area contributed by atoms with Crippen LogP contribution >= 0.6 is 11.6 Å². The van der Waals surface area contributed by atoms with Crippen molar-refractivity contribution in [3.63, 3.8) is 0 Å². The van der Waals surface area contributed by atoms with Crippen LogP contribution in [0.1, 0.15) is 18.0 Å². The highest BCUT2D eigenvalue weighted by atomic mass is 35.5. The number of amides is 1. The van der Waals surface area contributed by atoms with Gasteiger partial charge in [-0.2, -0.15) is 4.98 Å². The Hall–Kier alpha value is -2.51. The molecule has 0 saturated carbocycles. The number of nitrogen functional groups attached to an aromatic ring is 1. The Morgan fingerprint density at radius 2 is 2.20 bits per heavy atom. The monoisotopic (exact) mass is 359 g/mol. The Kier molecular flexibility index (Phi) is 5.25. The van der Waals surface area contributed by atoms with Crippen LogP contribution in [-0.2, 0) is 9.53 Å². The lowest BCUT2D eigenvalue weighted by atomic mass is 9.99. The second kappa shape index (κ2) is 7.58. The zero-order chi connectivity index (χ0) is 17.8. The standard InChI is InChI=1S/C17H18ClN5O2/c1-2-15(24)23-4-6-25-5-3-14(23)11-7-12(9-13(18)8-11)16-20-10-21-17(19)22-16/h2,7-10,14H,1,3-6H2,(H2,19,20,21,22). The highest BCUT2D eigenvalue weighted by Crippen LogP contribution is 2.32. The molecule has 2 aromatic rings. The minimum Gasteiger partial charge on any atom is -0.380 e. The predicted molar refractivity (Wildman–Crippen MR) is 94.8 cm³/mol. The van der Waals surface area contributed by atoms with E-state index in [4.69, 9.17) is 22.1 Å². The summed E-state index contributed by atoms with van der Waals surface area (Å²) in [6.45, 7) is 5.14. The van der Waals surface area contributed by atoms with Crippen molar-refractivity contribution in [1.29, 1.82) is 0 Å². The van der Waals surface area contributed by atoms with Crippen molar-refractivity contribution in [3.05, 3.63) is 47.8 Å². The molecule has 1 fully saturated rings. The third-order valence-electron chi connectivity index (χ3n) is 4.00. The Morgan fingerprint density at radius 1 is 1.36 bits per heavy atom. The van der Waals surface area contributed by atoms with Crippen molar-refractivity contribution >= 4 is 23.5 Å². The van der Waals surface area contributed by atoms with Gasteiger partial charge in [-0.15, -0.1) is 0 Å².